The molecule has 0 aliphatic heterocycles. The fraction of sp³-hybridized carbons (Fsp3) is 0.409. The Morgan fingerprint density at radius 3 is 2.17 bits per heavy atom. The summed E-state index contributed by atoms with van der Waals surface area (Å²) in [6.45, 7) is 2.19. The average Bonchev–Trinajstić information content (AvgIpc) is 2.64. The van der Waals surface area contributed by atoms with Crippen LogP contribution >= 0.6 is 0 Å². The summed E-state index contributed by atoms with van der Waals surface area (Å²) in [7, 11) is 1.95. The summed E-state index contributed by atoms with van der Waals surface area (Å²) in [6.07, 6.45) is 6.04. The highest BCUT2D eigenvalue weighted by Gasteiger charge is 2.21. The molecule has 0 aliphatic carbocycles. The minimum Gasteiger partial charge on any atom is -0.338 e. The van der Waals surface area contributed by atoms with Crippen LogP contribution in [0, 0.1) is 0 Å². The molecule has 2 aromatic rings. The van der Waals surface area contributed by atoms with Gasteiger partial charge in [-0.15, -0.1) is 0 Å². The first-order valence-corrected chi connectivity index (χ1v) is 9.07. The maximum absolute atomic E-state index is 12.6. The summed E-state index contributed by atoms with van der Waals surface area (Å²) < 4.78 is 0. The average molecular weight is 323 g/mol. The Kier molecular flexibility index (Phi) is 7.54. The van der Waals surface area contributed by atoms with Crippen molar-refractivity contribution in [1.82, 2.24) is 4.90 Å². The van der Waals surface area contributed by atoms with E-state index in [0.29, 0.717) is 6.42 Å². The van der Waals surface area contributed by atoms with Gasteiger partial charge in [-0.3, -0.25) is 4.79 Å². The van der Waals surface area contributed by atoms with Gasteiger partial charge in [-0.05, 0) is 24.0 Å². The maximum atomic E-state index is 12.6. The highest BCUT2D eigenvalue weighted by molar-refractivity contribution is 5.76. The summed E-state index contributed by atoms with van der Waals surface area (Å²) in [5, 5.41) is 0. The highest BCUT2D eigenvalue weighted by Crippen LogP contribution is 2.25. The fourth-order valence-electron chi connectivity index (χ4n) is 3.04. The standard InChI is InChI=1S/C22H29NO/c1-3-4-5-12-17-22(24)23(2)21(20-15-10-7-11-16-20)18-19-13-8-6-9-14-19/h6-11,13-16,21H,3-5,12,17-18H2,1-2H3. The van der Waals surface area contributed by atoms with Gasteiger partial charge in [0, 0.05) is 13.5 Å². The number of rotatable bonds is 9. The first kappa shape index (κ1) is 18.3. The third-order valence-electron chi connectivity index (χ3n) is 4.56. The second kappa shape index (κ2) is 9.92. The molecular formula is C22H29NO. The van der Waals surface area contributed by atoms with E-state index in [-0.39, 0.29) is 11.9 Å². The largest absolute Gasteiger partial charge is 0.338 e. The predicted molar refractivity (Wildman–Crippen MR) is 101 cm³/mol. The zero-order valence-corrected chi connectivity index (χ0v) is 14.9. The molecule has 0 spiro atoms. The van der Waals surface area contributed by atoms with E-state index >= 15 is 0 Å². The van der Waals surface area contributed by atoms with Crippen LogP contribution in [0.3, 0.4) is 0 Å². The van der Waals surface area contributed by atoms with Crippen LogP contribution in [0.1, 0.15) is 56.2 Å². The number of carbonyl (C=O) groups excluding carboxylic acids is 1. The molecule has 0 fully saturated rings. The lowest BCUT2D eigenvalue weighted by atomic mass is 9.97. The molecule has 0 bridgehead atoms. The van der Waals surface area contributed by atoms with Crippen LogP contribution in [0.25, 0.3) is 0 Å². The van der Waals surface area contributed by atoms with Crippen molar-refractivity contribution < 1.29 is 4.79 Å². The van der Waals surface area contributed by atoms with Crippen LogP contribution in [-0.2, 0) is 11.2 Å². The van der Waals surface area contributed by atoms with Gasteiger partial charge in [0.1, 0.15) is 0 Å². The lowest BCUT2D eigenvalue weighted by Gasteiger charge is -2.29. The van der Waals surface area contributed by atoms with Crippen LogP contribution in [0.4, 0.5) is 0 Å². The molecule has 0 saturated heterocycles. The van der Waals surface area contributed by atoms with Gasteiger partial charge in [0.2, 0.25) is 5.91 Å². The van der Waals surface area contributed by atoms with Crippen molar-refractivity contribution in [3.8, 4) is 0 Å². The van der Waals surface area contributed by atoms with E-state index < -0.39 is 0 Å². The number of unbranched alkanes of at least 4 members (excludes halogenated alkanes) is 3. The molecule has 1 amide bonds. The molecule has 2 nitrogen and oxygen atoms in total. The summed E-state index contributed by atoms with van der Waals surface area (Å²) in [5.41, 5.74) is 2.46. The molecule has 24 heavy (non-hydrogen) atoms. The molecule has 0 aromatic heterocycles. The van der Waals surface area contributed by atoms with Crippen molar-refractivity contribution in [3.63, 3.8) is 0 Å². The second-order valence-electron chi connectivity index (χ2n) is 6.43. The Balaban J connectivity index is 2.08. The molecular weight excluding hydrogens is 294 g/mol. The summed E-state index contributed by atoms with van der Waals surface area (Å²) in [5.74, 6) is 0.246. The zero-order chi connectivity index (χ0) is 17.2. The molecule has 2 aromatic carbocycles. The topological polar surface area (TPSA) is 20.3 Å². The number of likely N-dealkylation sites (N-methyl/N-ethyl adjacent to an activating group) is 1. The van der Waals surface area contributed by atoms with Crippen LogP contribution in [0.2, 0.25) is 0 Å². The number of amides is 1. The fourth-order valence-corrected chi connectivity index (χ4v) is 3.04. The Morgan fingerprint density at radius 2 is 1.54 bits per heavy atom. The number of carbonyl (C=O) groups is 1. The summed E-state index contributed by atoms with van der Waals surface area (Å²) >= 11 is 0. The SMILES string of the molecule is CCCCCCC(=O)N(C)C(Cc1ccccc1)c1ccccc1. The molecule has 2 rings (SSSR count). The molecule has 128 valence electrons. The van der Waals surface area contributed by atoms with Crippen LogP contribution < -0.4 is 0 Å². The van der Waals surface area contributed by atoms with Crippen molar-refractivity contribution in [2.45, 2.75) is 51.5 Å². The number of hydrogen-bond acceptors (Lipinski definition) is 1. The van der Waals surface area contributed by atoms with Gasteiger partial charge < -0.3 is 4.90 Å². The molecule has 2 heteroatoms. The van der Waals surface area contributed by atoms with E-state index in [4.69, 9.17) is 0 Å². The van der Waals surface area contributed by atoms with Crippen molar-refractivity contribution in [2.75, 3.05) is 7.05 Å². The Labute approximate surface area is 146 Å². The molecule has 0 N–H and O–H groups in total. The minimum atomic E-state index is 0.0901. The molecule has 1 atom stereocenters. The van der Waals surface area contributed by atoms with E-state index in [0.717, 1.165) is 19.3 Å². The zero-order valence-electron chi connectivity index (χ0n) is 14.9. The van der Waals surface area contributed by atoms with Gasteiger partial charge in [-0.1, -0.05) is 86.8 Å². The van der Waals surface area contributed by atoms with Gasteiger partial charge in [-0.25, -0.2) is 0 Å². The van der Waals surface area contributed by atoms with Crippen LogP contribution in [0.15, 0.2) is 60.7 Å². The van der Waals surface area contributed by atoms with Crippen molar-refractivity contribution in [3.05, 3.63) is 71.8 Å². The van der Waals surface area contributed by atoms with Crippen molar-refractivity contribution in [2.24, 2.45) is 0 Å². The van der Waals surface area contributed by atoms with Gasteiger partial charge in [0.15, 0.2) is 0 Å². The molecule has 1 unspecified atom stereocenters. The van der Waals surface area contributed by atoms with E-state index in [9.17, 15) is 4.79 Å². The third kappa shape index (κ3) is 5.52. The lowest BCUT2D eigenvalue weighted by molar-refractivity contribution is -0.132. The molecule has 0 aliphatic rings. The van der Waals surface area contributed by atoms with E-state index in [1.54, 1.807) is 0 Å². The quantitative estimate of drug-likeness (QED) is 0.566. The van der Waals surface area contributed by atoms with Crippen molar-refractivity contribution in [1.29, 1.82) is 0 Å². The Bertz CT molecular complexity index is 594. The monoisotopic (exact) mass is 323 g/mol. The maximum Gasteiger partial charge on any atom is 0.222 e. The van der Waals surface area contributed by atoms with E-state index in [1.807, 2.05) is 36.2 Å². The molecule has 0 radical (unpaired) electrons. The van der Waals surface area contributed by atoms with Crippen LogP contribution in [0.5, 0.6) is 0 Å². The Morgan fingerprint density at radius 1 is 0.917 bits per heavy atom. The smallest absolute Gasteiger partial charge is 0.222 e. The minimum absolute atomic E-state index is 0.0901. The number of nitrogens with zero attached hydrogens (tertiary/aromatic N) is 1. The van der Waals surface area contributed by atoms with Crippen molar-refractivity contribution >= 4 is 5.91 Å². The second-order valence-corrected chi connectivity index (χ2v) is 6.43. The first-order valence-electron chi connectivity index (χ1n) is 9.07. The van der Waals surface area contributed by atoms with Gasteiger partial charge in [-0.2, -0.15) is 0 Å². The van der Waals surface area contributed by atoms with E-state index in [2.05, 4.69) is 43.3 Å². The summed E-state index contributed by atoms with van der Waals surface area (Å²) in [6, 6.07) is 20.9. The molecule has 0 heterocycles. The predicted octanol–water partition coefficient (Wildman–Crippen LogP) is 5.40. The Hall–Kier alpha value is -2.09. The van der Waals surface area contributed by atoms with Gasteiger partial charge >= 0.3 is 0 Å². The highest BCUT2D eigenvalue weighted by atomic mass is 16.2. The summed E-state index contributed by atoms with van der Waals surface area (Å²) in [4.78, 5) is 14.6. The van der Waals surface area contributed by atoms with Crippen LogP contribution in [-0.4, -0.2) is 17.9 Å². The normalized spacial score (nSPS) is 11.9. The molecule has 0 saturated carbocycles. The number of benzene rings is 2. The lowest BCUT2D eigenvalue weighted by Crippen LogP contribution is -2.32. The van der Waals surface area contributed by atoms with E-state index in [1.165, 1.54) is 24.0 Å². The van der Waals surface area contributed by atoms with Gasteiger partial charge in [0.25, 0.3) is 0 Å². The van der Waals surface area contributed by atoms with Gasteiger partial charge in [0.05, 0.1) is 6.04 Å². The third-order valence-corrected chi connectivity index (χ3v) is 4.56. The number of hydrogen-bond donors (Lipinski definition) is 0. The first-order chi connectivity index (χ1) is 11.7.